The van der Waals surface area contributed by atoms with Gasteiger partial charge < -0.3 is 15.0 Å². The number of carbonyl (C=O) groups is 1. The average molecular weight is 619 g/mol. The maximum Gasteiger partial charge on any atom is 0.289 e. The third kappa shape index (κ3) is 4.74. The van der Waals surface area contributed by atoms with E-state index in [1.807, 2.05) is 61.5 Å². The first-order valence-corrected chi connectivity index (χ1v) is 14.8. The molecule has 4 heterocycles. The van der Waals surface area contributed by atoms with Crippen molar-refractivity contribution in [2.45, 2.75) is 38.8 Å². The van der Waals surface area contributed by atoms with Crippen LogP contribution in [0.25, 0.3) is 33.1 Å². The Balaban J connectivity index is 1.42. The number of halogens is 1. The van der Waals surface area contributed by atoms with Crippen molar-refractivity contribution in [1.29, 1.82) is 0 Å². The molecule has 1 atom stereocenters. The van der Waals surface area contributed by atoms with E-state index in [1.165, 1.54) is 18.6 Å². The highest BCUT2D eigenvalue weighted by Crippen LogP contribution is 2.38. The van der Waals surface area contributed by atoms with Crippen LogP contribution in [0.15, 0.2) is 99.6 Å². The summed E-state index contributed by atoms with van der Waals surface area (Å²) in [6, 6.07) is 15.6. The Morgan fingerprint density at radius 1 is 1.00 bits per heavy atom. The molecule has 7 rings (SSSR count). The van der Waals surface area contributed by atoms with Gasteiger partial charge in [-0.2, -0.15) is 0 Å². The van der Waals surface area contributed by atoms with Gasteiger partial charge in [0.05, 0.1) is 27.9 Å². The van der Waals surface area contributed by atoms with Gasteiger partial charge >= 0.3 is 0 Å². The van der Waals surface area contributed by atoms with Crippen molar-refractivity contribution in [2.75, 3.05) is 5.32 Å². The van der Waals surface area contributed by atoms with Gasteiger partial charge in [0.1, 0.15) is 28.9 Å². The number of aromatic nitrogens is 4. The van der Waals surface area contributed by atoms with Crippen LogP contribution in [0.4, 0.5) is 5.82 Å². The lowest BCUT2D eigenvalue weighted by molar-refractivity contribution is -0.135. The van der Waals surface area contributed by atoms with Crippen LogP contribution in [-0.4, -0.2) is 36.7 Å². The van der Waals surface area contributed by atoms with Crippen LogP contribution >= 0.6 is 11.6 Å². The number of rotatable bonds is 5. The minimum Gasteiger partial charge on any atom is -0.476 e. The summed E-state index contributed by atoms with van der Waals surface area (Å²) in [5.41, 5.74) is 1.94. The lowest BCUT2D eigenvalue weighted by Crippen LogP contribution is -2.39. The highest BCUT2D eigenvalue weighted by atomic mass is 35.5. The molecule has 0 saturated heterocycles. The number of aliphatic imine (C=N–C) groups is 1. The number of hydrogen-bond donors (Lipinski definition) is 2. The van der Waals surface area contributed by atoms with Gasteiger partial charge in [-0.3, -0.25) is 19.0 Å². The maximum atomic E-state index is 14.7. The highest BCUT2D eigenvalue weighted by Gasteiger charge is 2.37. The molecule has 11 heteroatoms. The number of nitrogens with one attached hydrogen (secondary N) is 2. The molecule has 1 aliphatic heterocycles. The van der Waals surface area contributed by atoms with Gasteiger partial charge in [0.15, 0.2) is 11.0 Å². The van der Waals surface area contributed by atoms with E-state index in [9.17, 15) is 14.4 Å². The van der Waals surface area contributed by atoms with Crippen molar-refractivity contribution in [3.8, 4) is 5.69 Å². The van der Waals surface area contributed by atoms with Crippen LogP contribution in [0.1, 0.15) is 44.5 Å². The molecule has 3 aromatic heterocycles. The molecule has 0 radical (unpaired) electrons. The Hall–Kier alpha value is -5.35. The van der Waals surface area contributed by atoms with Gasteiger partial charge in [-0.1, -0.05) is 54.1 Å². The number of H-pyrrole nitrogens is 1. The maximum absolute atomic E-state index is 14.7. The number of carbonyl (C=O) groups excluding carboxylic acids is 1. The SMILES string of the molecule is CC(Nc1ncnc2[nH]ccc(=O)c12)c1c(Cl)c2cccc(C3=CC=C4OC(C)(C)C(=O)N=C4C3)c2c(=O)n1-c1ccccc1. The molecule has 0 bridgehead atoms. The molecule has 0 saturated carbocycles. The van der Waals surface area contributed by atoms with E-state index in [0.717, 1.165) is 5.57 Å². The third-order valence-corrected chi connectivity index (χ3v) is 8.45. The first-order valence-electron chi connectivity index (χ1n) is 14.4. The molecule has 1 unspecified atom stereocenters. The summed E-state index contributed by atoms with van der Waals surface area (Å²) in [6.07, 6.45) is 6.88. The molecule has 1 aliphatic carbocycles. The van der Waals surface area contributed by atoms with E-state index in [2.05, 4.69) is 25.3 Å². The number of ether oxygens (including phenoxy) is 1. The van der Waals surface area contributed by atoms with Crippen molar-refractivity contribution in [3.63, 3.8) is 0 Å². The van der Waals surface area contributed by atoms with Gasteiger partial charge in [0.25, 0.3) is 11.5 Å². The number of anilines is 1. The number of fused-ring (bicyclic) bond motifs is 3. The molecule has 224 valence electrons. The number of pyridine rings is 2. The summed E-state index contributed by atoms with van der Waals surface area (Å²) in [4.78, 5) is 55.8. The Bertz CT molecular complexity index is 2260. The minimum absolute atomic E-state index is 0.245. The van der Waals surface area contributed by atoms with Gasteiger partial charge in [0, 0.05) is 29.8 Å². The number of nitrogens with zero attached hydrogens (tertiary/aromatic N) is 4. The smallest absolute Gasteiger partial charge is 0.289 e. The summed E-state index contributed by atoms with van der Waals surface area (Å²) in [6.45, 7) is 5.23. The van der Waals surface area contributed by atoms with Crippen molar-refractivity contribution >= 4 is 56.4 Å². The van der Waals surface area contributed by atoms with Gasteiger partial charge in [-0.05, 0) is 50.1 Å². The van der Waals surface area contributed by atoms with Gasteiger partial charge in [-0.25, -0.2) is 15.0 Å². The van der Waals surface area contributed by atoms with E-state index in [0.29, 0.717) is 67.5 Å². The van der Waals surface area contributed by atoms with Crippen molar-refractivity contribution < 1.29 is 9.53 Å². The zero-order valence-electron chi connectivity index (χ0n) is 24.6. The number of benzene rings is 2. The number of amides is 1. The normalized spacial score (nSPS) is 16.4. The molecule has 10 nitrogen and oxygen atoms in total. The summed E-state index contributed by atoms with van der Waals surface area (Å²) in [7, 11) is 0. The zero-order valence-corrected chi connectivity index (χ0v) is 25.3. The van der Waals surface area contributed by atoms with Crippen LogP contribution in [0.5, 0.6) is 0 Å². The second-order valence-electron chi connectivity index (χ2n) is 11.4. The van der Waals surface area contributed by atoms with Gasteiger partial charge in [-0.15, -0.1) is 0 Å². The summed E-state index contributed by atoms with van der Waals surface area (Å²) in [5, 5.41) is 4.97. The lowest BCUT2D eigenvalue weighted by Gasteiger charge is -2.31. The standard InChI is InChI=1S/C34H27ClN6O4/c1-18(39-31-27-24(42)14-15-36-30(27)37-17-38-31)29-28(35)22-11-7-10-21(26(22)32(43)41(29)20-8-5-4-6-9-20)19-12-13-25-23(16-19)40-33(44)34(2,3)45-25/h4-15,17-18H,16H2,1-3H3,(H2,36,37,38,39,42). The Labute approximate surface area is 261 Å². The Morgan fingerprint density at radius 2 is 1.80 bits per heavy atom. The monoisotopic (exact) mass is 618 g/mol. The third-order valence-electron chi connectivity index (χ3n) is 8.05. The molecule has 0 spiro atoms. The van der Waals surface area contributed by atoms with Crippen LogP contribution in [-0.2, 0) is 9.53 Å². The minimum atomic E-state index is -1.04. The average Bonchev–Trinajstić information content (AvgIpc) is 3.03. The predicted octanol–water partition coefficient (Wildman–Crippen LogP) is 5.90. The van der Waals surface area contributed by atoms with E-state index in [1.54, 1.807) is 24.5 Å². The number of allylic oxidation sites excluding steroid dienone is 4. The second-order valence-corrected chi connectivity index (χ2v) is 11.8. The summed E-state index contributed by atoms with van der Waals surface area (Å²) < 4.78 is 7.51. The molecule has 2 N–H and O–H groups in total. The van der Waals surface area contributed by atoms with Crippen molar-refractivity contribution in [3.05, 3.63) is 122 Å². The first kappa shape index (κ1) is 28.4. The topological polar surface area (TPSA) is 131 Å². The highest BCUT2D eigenvalue weighted by molar-refractivity contribution is 6.36. The predicted molar refractivity (Wildman–Crippen MR) is 175 cm³/mol. The molecule has 2 aliphatic rings. The van der Waals surface area contributed by atoms with Crippen molar-refractivity contribution in [1.82, 2.24) is 19.5 Å². The number of aromatic amines is 1. The van der Waals surface area contributed by atoms with E-state index < -0.39 is 11.6 Å². The van der Waals surface area contributed by atoms with Crippen LogP contribution in [0.3, 0.4) is 0 Å². The van der Waals surface area contributed by atoms with E-state index in [-0.39, 0.29) is 16.9 Å². The van der Waals surface area contributed by atoms with Crippen LogP contribution in [0, 0.1) is 0 Å². The lowest BCUT2D eigenvalue weighted by atomic mass is 9.90. The fourth-order valence-corrected chi connectivity index (χ4v) is 6.25. The molecule has 1 amide bonds. The fourth-order valence-electron chi connectivity index (χ4n) is 5.85. The van der Waals surface area contributed by atoms with Crippen LogP contribution < -0.4 is 16.3 Å². The largest absolute Gasteiger partial charge is 0.476 e. The van der Waals surface area contributed by atoms with E-state index in [4.69, 9.17) is 16.3 Å². The molecule has 45 heavy (non-hydrogen) atoms. The molecule has 5 aromatic rings. The Kier molecular flexibility index (Phi) is 6.74. The zero-order chi connectivity index (χ0) is 31.5. The second kappa shape index (κ2) is 10.7. The molecular weight excluding hydrogens is 592 g/mol. The summed E-state index contributed by atoms with van der Waals surface area (Å²) in [5.74, 6) is 0.504. The van der Waals surface area contributed by atoms with Gasteiger partial charge in [0.2, 0.25) is 0 Å². The van der Waals surface area contributed by atoms with Crippen LogP contribution in [0.2, 0.25) is 5.02 Å². The molecule has 2 aromatic carbocycles. The van der Waals surface area contributed by atoms with Crippen molar-refractivity contribution in [2.24, 2.45) is 4.99 Å². The quantitative estimate of drug-likeness (QED) is 0.251. The number of hydrogen-bond acceptors (Lipinski definition) is 7. The molecule has 0 fully saturated rings. The fraction of sp³-hybridized carbons (Fsp3) is 0.176. The van der Waals surface area contributed by atoms with E-state index >= 15 is 0 Å². The Morgan fingerprint density at radius 3 is 2.60 bits per heavy atom. The number of para-hydroxylation sites is 1. The first-order chi connectivity index (χ1) is 21.6. The summed E-state index contributed by atoms with van der Waals surface area (Å²) >= 11 is 7.23. The molecular formula is C34H27ClN6O4.